The molecule has 5 rings (SSSR count). The molecule has 0 radical (unpaired) electrons. The molecule has 1 atom stereocenters. The molecular weight excluding hydrogens is 442 g/mol. The van der Waals surface area contributed by atoms with Crippen LogP contribution < -0.4 is 16.6 Å². The number of pyridine rings is 1. The standard InChI is InChI=1S/C22H24ClN9O/c1-11(2)32-29-21(28-30-32)18-19(24)25-10-26-20(18)27-12(3)16-9-13-5-4-6-15(23)17(13)22(33)31(16)14-7-8-14/h4-6,9-12,14H,7-8H2,1-3H3,(H3,24,25,26,27)/t12-/m0/s1. The van der Waals surface area contributed by atoms with Gasteiger partial charge in [0.1, 0.15) is 23.5 Å². The van der Waals surface area contributed by atoms with Gasteiger partial charge in [-0.15, -0.1) is 10.2 Å². The monoisotopic (exact) mass is 465 g/mol. The molecule has 4 aromatic rings. The molecule has 1 aromatic carbocycles. The van der Waals surface area contributed by atoms with Crippen molar-refractivity contribution in [2.75, 3.05) is 11.1 Å². The third-order valence-electron chi connectivity index (χ3n) is 5.76. The zero-order valence-corrected chi connectivity index (χ0v) is 19.3. The molecule has 1 fully saturated rings. The smallest absolute Gasteiger partial charge is 0.260 e. The molecule has 3 aromatic heterocycles. The summed E-state index contributed by atoms with van der Waals surface area (Å²) in [5.41, 5.74) is 7.42. The summed E-state index contributed by atoms with van der Waals surface area (Å²) in [4.78, 5) is 23.4. The van der Waals surface area contributed by atoms with Gasteiger partial charge in [0, 0.05) is 11.7 Å². The van der Waals surface area contributed by atoms with E-state index in [0.29, 0.717) is 27.6 Å². The first-order valence-corrected chi connectivity index (χ1v) is 11.2. The van der Waals surface area contributed by atoms with E-state index < -0.39 is 0 Å². The second-order valence-corrected chi connectivity index (χ2v) is 8.96. The molecular formula is C22H24ClN9O. The van der Waals surface area contributed by atoms with Crippen LogP contribution in [0.25, 0.3) is 22.2 Å². The number of nitrogens with one attached hydrogen (secondary N) is 1. The third-order valence-corrected chi connectivity index (χ3v) is 6.07. The number of aromatic nitrogens is 7. The number of hydrogen-bond acceptors (Lipinski definition) is 8. The molecule has 3 heterocycles. The van der Waals surface area contributed by atoms with Crippen LogP contribution in [0.1, 0.15) is 57.4 Å². The molecule has 0 amide bonds. The molecule has 0 spiro atoms. The molecule has 1 aliphatic carbocycles. The van der Waals surface area contributed by atoms with Crippen molar-refractivity contribution in [1.29, 1.82) is 0 Å². The van der Waals surface area contributed by atoms with Crippen molar-refractivity contribution < 1.29 is 0 Å². The molecule has 10 nitrogen and oxygen atoms in total. The maximum absolute atomic E-state index is 13.4. The SMILES string of the molecule is CC(C)n1nnc(-c2c(N)ncnc2N[C@@H](C)c2cc3cccc(Cl)c3c(=O)n2C2CC2)n1. The normalized spacial score (nSPS) is 14.7. The molecule has 170 valence electrons. The number of rotatable bonds is 6. The third kappa shape index (κ3) is 3.80. The van der Waals surface area contributed by atoms with Crippen molar-refractivity contribution in [3.63, 3.8) is 0 Å². The molecule has 0 aliphatic heterocycles. The van der Waals surface area contributed by atoms with Gasteiger partial charge >= 0.3 is 0 Å². The van der Waals surface area contributed by atoms with Crippen LogP contribution in [0.15, 0.2) is 35.4 Å². The molecule has 3 N–H and O–H groups in total. The van der Waals surface area contributed by atoms with Crippen LogP contribution in [0.5, 0.6) is 0 Å². The quantitative estimate of drug-likeness (QED) is 0.440. The van der Waals surface area contributed by atoms with Gasteiger partial charge in [0.05, 0.1) is 22.5 Å². The fourth-order valence-corrected chi connectivity index (χ4v) is 4.21. The van der Waals surface area contributed by atoms with E-state index in [1.807, 2.05) is 43.5 Å². The van der Waals surface area contributed by atoms with E-state index >= 15 is 0 Å². The first-order chi connectivity index (χ1) is 15.8. The Morgan fingerprint density at radius 3 is 2.70 bits per heavy atom. The predicted molar refractivity (Wildman–Crippen MR) is 127 cm³/mol. The van der Waals surface area contributed by atoms with E-state index in [1.165, 1.54) is 11.1 Å². The van der Waals surface area contributed by atoms with Gasteiger partial charge in [-0.1, -0.05) is 23.7 Å². The first kappa shape index (κ1) is 21.3. The lowest BCUT2D eigenvalue weighted by Gasteiger charge is -2.22. The number of anilines is 2. The van der Waals surface area contributed by atoms with Crippen LogP contribution in [-0.4, -0.2) is 34.7 Å². The Balaban J connectivity index is 1.59. The van der Waals surface area contributed by atoms with E-state index in [1.54, 1.807) is 6.07 Å². The largest absolute Gasteiger partial charge is 0.383 e. The minimum atomic E-state index is -0.269. The van der Waals surface area contributed by atoms with Crippen molar-refractivity contribution in [3.05, 3.63) is 51.7 Å². The van der Waals surface area contributed by atoms with Crippen molar-refractivity contribution in [3.8, 4) is 11.4 Å². The summed E-state index contributed by atoms with van der Waals surface area (Å²) in [6, 6.07) is 7.45. The Morgan fingerprint density at radius 1 is 1.21 bits per heavy atom. The number of benzene rings is 1. The van der Waals surface area contributed by atoms with Crippen LogP contribution in [0.4, 0.5) is 11.6 Å². The molecule has 1 aliphatic rings. The van der Waals surface area contributed by atoms with Gasteiger partial charge in [-0.25, -0.2) is 9.97 Å². The van der Waals surface area contributed by atoms with Gasteiger partial charge in [0.15, 0.2) is 0 Å². The topological polar surface area (TPSA) is 129 Å². The van der Waals surface area contributed by atoms with Crippen LogP contribution in [0.2, 0.25) is 5.02 Å². The van der Waals surface area contributed by atoms with E-state index in [9.17, 15) is 4.79 Å². The zero-order chi connectivity index (χ0) is 23.3. The van der Waals surface area contributed by atoms with E-state index in [-0.39, 0.29) is 29.5 Å². The second-order valence-electron chi connectivity index (χ2n) is 8.56. The van der Waals surface area contributed by atoms with Crippen molar-refractivity contribution >= 4 is 34.0 Å². The van der Waals surface area contributed by atoms with Gasteiger partial charge in [-0.2, -0.15) is 4.80 Å². The van der Waals surface area contributed by atoms with Crippen molar-refractivity contribution in [2.24, 2.45) is 0 Å². The Morgan fingerprint density at radius 2 is 2.00 bits per heavy atom. The van der Waals surface area contributed by atoms with Gasteiger partial charge in [-0.3, -0.25) is 4.79 Å². The lowest BCUT2D eigenvalue weighted by Crippen LogP contribution is -2.26. The van der Waals surface area contributed by atoms with Gasteiger partial charge in [-0.05, 0) is 56.3 Å². The Kier molecular flexibility index (Phi) is 5.24. The van der Waals surface area contributed by atoms with Gasteiger partial charge < -0.3 is 15.6 Å². The summed E-state index contributed by atoms with van der Waals surface area (Å²) in [7, 11) is 0. The zero-order valence-electron chi connectivity index (χ0n) is 18.5. The van der Waals surface area contributed by atoms with E-state index in [0.717, 1.165) is 23.9 Å². The minimum absolute atomic E-state index is 0.0461. The van der Waals surface area contributed by atoms with Crippen LogP contribution in [-0.2, 0) is 0 Å². The summed E-state index contributed by atoms with van der Waals surface area (Å²) < 4.78 is 1.85. The lowest BCUT2D eigenvalue weighted by molar-refractivity contribution is 0.455. The number of halogens is 1. The highest BCUT2D eigenvalue weighted by molar-refractivity contribution is 6.35. The maximum atomic E-state index is 13.4. The summed E-state index contributed by atoms with van der Waals surface area (Å²) in [6.07, 6.45) is 3.31. The molecule has 33 heavy (non-hydrogen) atoms. The van der Waals surface area contributed by atoms with Crippen molar-refractivity contribution in [1.82, 2.24) is 34.7 Å². The number of nitrogen functional groups attached to an aromatic ring is 1. The summed E-state index contributed by atoms with van der Waals surface area (Å²) in [5.74, 6) is 1.05. The predicted octanol–water partition coefficient (Wildman–Crippen LogP) is 3.77. The average Bonchev–Trinajstić information content (AvgIpc) is 3.48. The Bertz CT molecular complexity index is 1410. The van der Waals surface area contributed by atoms with Crippen LogP contribution >= 0.6 is 11.6 Å². The highest BCUT2D eigenvalue weighted by Gasteiger charge is 2.30. The second kappa shape index (κ2) is 8.11. The summed E-state index contributed by atoms with van der Waals surface area (Å²) in [5, 5.41) is 17.9. The first-order valence-electron chi connectivity index (χ1n) is 10.9. The summed E-state index contributed by atoms with van der Waals surface area (Å²) in [6.45, 7) is 5.89. The number of tetrazole rings is 1. The van der Waals surface area contributed by atoms with E-state index in [4.69, 9.17) is 17.3 Å². The highest BCUT2D eigenvalue weighted by atomic mass is 35.5. The number of fused-ring (bicyclic) bond motifs is 1. The number of nitrogens with zero attached hydrogens (tertiary/aromatic N) is 7. The number of hydrogen-bond donors (Lipinski definition) is 2. The Labute approximate surface area is 194 Å². The fourth-order valence-electron chi connectivity index (χ4n) is 3.95. The fraction of sp³-hybridized carbons (Fsp3) is 0.364. The molecule has 11 heteroatoms. The molecule has 0 saturated heterocycles. The molecule has 0 unspecified atom stereocenters. The van der Waals surface area contributed by atoms with Gasteiger partial charge in [0.25, 0.3) is 5.56 Å². The van der Waals surface area contributed by atoms with Gasteiger partial charge in [0.2, 0.25) is 5.82 Å². The van der Waals surface area contributed by atoms with Crippen LogP contribution in [0, 0.1) is 0 Å². The lowest BCUT2D eigenvalue weighted by atomic mass is 10.1. The van der Waals surface area contributed by atoms with E-state index in [2.05, 4.69) is 30.7 Å². The summed E-state index contributed by atoms with van der Waals surface area (Å²) >= 11 is 6.37. The Hall–Kier alpha value is -3.53. The van der Waals surface area contributed by atoms with Crippen molar-refractivity contribution in [2.45, 2.75) is 51.7 Å². The average molecular weight is 466 g/mol. The van der Waals surface area contributed by atoms with Crippen LogP contribution in [0.3, 0.4) is 0 Å². The maximum Gasteiger partial charge on any atom is 0.260 e. The molecule has 1 saturated carbocycles. The highest BCUT2D eigenvalue weighted by Crippen LogP contribution is 2.38. The molecule has 0 bridgehead atoms. The number of nitrogens with two attached hydrogens (primary N) is 1. The minimum Gasteiger partial charge on any atom is -0.383 e.